The highest BCUT2D eigenvalue weighted by molar-refractivity contribution is 5.90. The van der Waals surface area contributed by atoms with Gasteiger partial charge in [0.2, 0.25) is 5.91 Å². The molecule has 0 aliphatic carbocycles. The first-order valence-electron chi connectivity index (χ1n) is 10.6. The van der Waals surface area contributed by atoms with Crippen molar-refractivity contribution in [3.05, 3.63) is 29.8 Å². The molecule has 0 unspecified atom stereocenters. The maximum Gasteiger partial charge on any atom is 0.416 e. The zero-order valence-electron chi connectivity index (χ0n) is 17.1. The summed E-state index contributed by atoms with van der Waals surface area (Å²) in [6, 6.07) is 4.06. The van der Waals surface area contributed by atoms with Crippen molar-refractivity contribution in [3.63, 3.8) is 0 Å². The summed E-state index contributed by atoms with van der Waals surface area (Å²) in [7, 11) is 0. The number of benzene rings is 1. The largest absolute Gasteiger partial charge is 0.416 e. The van der Waals surface area contributed by atoms with E-state index in [1.165, 1.54) is 36.3 Å². The molecule has 0 saturated carbocycles. The number of alkyl halides is 3. The number of nitrogens with one attached hydrogen (secondary N) is 1. The molecule has 2 fully saturated rings. The number of rotatable bonds is 5. The predicted molar refractivity (Wildman–Crippen MR) is 108 cm³/mol. The van der Waals surface area contributed by atoms with Crippen LogP contribution >= 0.6 is 0 Å². The fourth-order valence-corrected chi connectivity index (χ4v) is 3.95. The van der Waals surface area contributed by atoms with Gasteiger partial charge < -0.3 is 20.0 Å². The molecule has 0 bridgehead atoms. The van der Waals surface area contributed by atoms with E-state index >= 15 is 0 Å². The Hall–Kier alpha value is -2.29. The van der Waals surface area contributed by atoms with Crippen LogP contribution in [0.4, 0.5) is 23.7 Å². The lowest BCUT2D eigenvalue weighted by Crippen LogP contribution is -2.39. The van der Waals surface area contributed by atoms with Gasteiger partial charge in [0, 0.05) is 38.3 Å². The van der Waals surface area contributed by atoms with Crippen LogP contribution in [-0.2, 0) is 11.0 Å². The second kappa shape index (κ2) is 10.1. The summed E-state index contributed by atoms with van der Waals surface area (Å²) in [5.74, 6) is 0.0167. The number of hydrogen-bond donors (Lipinski definition) is 1. The van der Waals surface area contributed by atoms with Crippen LogP contribution in [0, 0.1) is 0 Å². The molecule has 1 aromatic carbocycles. The van der Waals surface area contributed by atoms with Crippen LogP contribution in [-0.4, -0.2) is 72.5 Å². The van der Waals surface area contributed by atoms with Gasteiger partial charge in [-0.2, -0.15) is 13.2 Å². The summed E-state index contributed by atoms with van der Waals surface area (Å²) in [6.07, 6.45) is 0.420. The van der Waals surface area contributed by atoms with Crippen LogP contribution in [0.2, 0.25) is 0 Å². The maximum atomic E-state index is 12.9. The predicted octanol–water partition coefficient (Wildman–Crippen LogP) is 3.65. The van der Waals surface area contributed by atoms with E-state index in [4.69, 9.17) is 0 Å². The maximum absolute atomic E-state index is 12.9. The van der Waals surface area contributed by atoms with Gasteiger partial charge >= 0.3 is 12.2 Å². The van der Waals surface area contributed by atoms with E-state index in [1.807, 2.05) is 0 Å². The van der Waals surface area contributed by atoms with E-state index in [-0.39, 0.29) is 24.6 Å². The van der Waals surface area contributed by atoms with Crippen molar-refractivity contribution in [1.82, 2.24) is 14.7 Å². The van der Waals surface area contributed by atoms with E-state index in [1.54, 1.807) is 4.90 Å². The monoisotopic (exact) mass is 426 g/mol. The summed E-state index contributed by atoms with van der Waals surface area (Å²) in [5, 5.41) is 2.52. The first-order chi connectivity index (χ1) is 14.3. The molecule has 0 spiro atoms. The third kappa shape index (κ3) is 6.35. The van der Waals surface area contributed by atoms with Gasteiger partial charge in [0.05, 0.1) is 5.56 Å². The molecule has 0 radical (unpaired) electrons. The van der Waals surface area contributed by atoms with Crippen molar-refractivity contribution in [2.24, 2.45) is 0 Å². The molecule has 0 atom stereocenters. The molecule has 9 heteroatoms. The van der Waals surface area contributed by atoms with E-state index in [0.29, 0.717) is 19.6 Å². The normalized spacial score (nSPS) is 19.0. The first kappa shape index (κ1) is 22.4. The highest BCUT2D eigenvalue weighted by Gasteiger charge is 2.31. The molecule has 166 valence electrons. The van der Waals surface area contributed by atoms with Crippen LogP contribution in [0.25, 0.3) is 0 Å². The number of urea groups is 1. The van der Waals surface area contributed by atoms with Crippen LogP contribution in [0.3, 0.4) is 0 Å². The van der Waals surface area contributed by atoms with E-state index in [2.05, 4.69) is 10.2 Å². The van der Waals surface area contributed by atoms with Gasteiger partial charge in [-0.3, -0.25) is 4.79 Å². The average Bonchev–Trinajstić information content (AvgIpc) is 2.90. The lowest BCUT2D eigenvalue weighted by molar-refractivity contribution is -0.137. The fraction of sp³-hybridized carbons (Fsp3) is 0.619. The van der Waals surface area contributed by atoms with Crippen LogP contribution < -0.4 is 5.32 Å². The Morgan fingerprint density at radius 3 is 2.50 bits per heavy atom. The lowest BCUT2D eigenvalue weighted by Gasteiger charge is -2.28. The minimum Gasteiger partial charge on any atom is -0.341 e. The van der Waals surface area contributed by atoms with Crippen molar-refractivity contribution >= 4 is 17.6 Å². The zero-order valence-corrected chi connectivity index (χ0v) is 17.1. The van der Waals surface area contributed by atoms with Gasteiger partial charge in [-0.25, -0.2) is 4.79 Å². The third-order valence-electron chi connectivity index (χ3n) is 5.67. The van der Waals surface area contributed by atoms with Gasteiger partial charge in [-0.05, 0) is 57.1 Å². The van der Waals surface area contributed by atoms with Crippen molar-refractivity contribution < 1.29 is 22.8 Å². The van der Waals surface area contributed by atoms with Crippen molar-refractivity contribution in [1.29, 1.82) is 0 Å². The van der Waals surface area contributed by atoms with Crippen molar-refractivity contribution in [2.75, 3.05) is 51.1 Å². The van der Waals surface area contributed by atoms with Crippen LogP contribution in [0.5, 0.6) is 0 Å². The SMILES string of the molecule is O=C1CCN(C(=O)Nc2cccc(C(F)(F)F)c2)CCN1CCCN1CCCCC1. The molecule has 2 aliphatic heterocycles. The Morgan fingerprint density at radius 2 is 1.77 bits per heavy atom. The summed E-state index contributed by atoms with van der Waals surface area (Å²) >= 11 is 0. The molecule has 1 aromatic rings. The molecule has 0 aromatic heterocycles. The van der Waals surface area contributed by atoms with Crippen molar-refractivity contribution in [2.45, 2.75) is 38.3 Å². The quantitative estimate of drug-likeness (QED) is 0.782. The Labute approximate surface area is 175 Å². The van der Waals surface area contributed by atoms with Gasteiger partial charge in [-0.1, -0.05) is 12.5 Å². The van der Waals surface area contributed by atoms with Crippen molar-refractivity contribution in [3.8, 4) is 0 Å². The number of hydrogen-bond acceptors (Lipinski definition) is 3. The number of likely N-dealkylation sites (tertiary alicyclic amines) is 1. The highest BCUT2D eigenvalue weighted by atomic mass is 19.4. The molecule has 2 aliphatic rings. The molecule has 3 rings (SSSR count). The molecule has 30 heavy (non-hydrogen) atoms. The number of anilines is 1. The lowest BCUT2D eigenvalue weighted by atomic mass is 10.1. The third-order valence-corrected chi connectivity index (χ3v) is 5.67. The van der Waals surface area contributed by atoms with Crippen LogP contribution in [0.15, 0.2) is 24.3 Å². The standard InChI is InChI=1S/C21H29F3N4O2/c22-21(23,24)17-6-4-7-18(16-17)25-20(30)28-13-8-19(29)27(14-15-28)12-5-11-26-9-2-1-3-10-26/h4,6-7,16H,1-3,5,8-15H2,(H,25,30). The minimum atomic E-state index is -4.47. The van der Waals surface area contributed by atoms with Gasteiger partial charge in [0.1, 0.15) is 0 Å². The number of halogens is 3. The van der Waals surface area contributed by atoms with Gasteiger partial charge in [-0.15, -0.1) is 0 Å². The second-order valence-electron chi connectivity index (χ2n) is 7.88. The Morgan fingerprint density at radius 1 is 1.00 bits per heavy atom. The number of carbonyl (C=O) groups is 2. The minimum absolute atomic E-state index is 0.0167. The molecule has 6 nitrogen and oxygen atoms in total. The summed E-state index contributed by atoms with van der Waals surface area (Å²) in [6.45, 7) is 4.94. The smallest absolute Gasteiger partial charge is 0.341 e. The summed E-state index contributed by atoms with van der Waals surface area (Å²) in [5.41, 5.74) is -0.727. The zero-order chi connectivity index (χ0) is 21.6. The molecule has 2 saturated heterocycles. The molecular weight excluding hydrogens is 397 g/mol. The molecule has 1 N–H and O–H groups in total. The number of carbonyl (C=O) groups excluding carboxylic acids is 2. The fourth-order valence-electron chi connectivity index (χ4n) is 3.95. The van der Waals surface area contributed by atoms with E-state index in [0.717, 1.165) is 38.2 Å². The Bertz CT molecular complexity index is 735. The molecular formula is C21H29F3N4O2. The highest BCUT2D eigenvalue weighted by Crippen LogP contribution is 2.30. The molecule has 3 amide bonds. The number of nitrogens with zero attached hydrogens (tertiary/aromatic N) is 3. The van der Waals surface area contributed by atoms with Gasteiger partial charge in [0.15, 0.2) is 0 Å². The van der Waals surface area contributed by atoms with E-state index in [9.17, 15) is 22.8 Å². The summed E-state index contributed by atoms with van der Waals surface area (Å²) < 4.78 is 38.6. The Balaban J connectivity index is 1.48. The summed E-state index contributed by atoms with van der Waals surface area (Å²) in [4.78, 5) is 30.6. The van der Waals surface area contributed by atoms with Gasteiger partial charge in [0.25, 0.3) is 0 Å². The number of piperidine rings is 1. The van der Waals surface area contributed by atoms with E-state index < -0.39 is 17.8 Å². The topological polar surface area (TPSA) is 55.9 Å². The first-order valence-corrected chi connectivity index (χ1v) is 10.6. The number of amides is 3. The average molecular weight is 426 g/mol. The second-order valence-corrected chi connectivity index (χ2v) is 7.88. The van der Waals surface area contributed by atoms with Crippen LogP contribution in [0.1, 0.15) is 37.7 Å². The molecule has 2 heterocycles. The Kier molecular flexibility index (Phi) is 7.58.